The van der Waals surface area contributed by atoms with Crippen molar-refractivity contribution in [2.24, 2.45) is 25.0 Å². The summed E-state index contributed by atoms with van der Waals surface area (Å²) < 4.78 is 29.3. The maximum absolute atomic E-state index is 4.94. The molecule has 0 unspecified atom stereocenters. The Morgan fingerprint density at radius 3 is 0.730 bits per heavy atom. The van der Waals surface area contributed by atoms with Crippen molar-refractivity contribution < 1.29 is 28.4 Å². The summed E-state index contributed by atoms with van der Waals surface area (Å²) in [6, 6.07) is 0. The highest BCUT2D eigenvalue weighted by atomic mass is 32.2. The molecule has 0 atom stereocenters. The topological polar surface area (TPSA) is 177 Å². The first-order valence-electron chi connectivity index (χ1n) is 42.3. The number of rotatable bonds is 0. The van der Waals surface area contributed by atoms with E-state index in [4.69, 9.17) is 28.4 Å². The largest absolute Gasteiger partial charge is 0.483 e. The van der Waals surface area contributed by atoms with E-state index in [1.54, 1.807) is 30.7 Å². The van der Waals surface area contributed by atoms with Gasteiger partial charge in [-0.25, -0.2) is 0 Å². The summed E-state index contributed by atoms with van der Waals surface area (Å²) in [5.74, 6) is 4.06. The normalized spacial score (nSPS) is 14.6. The number of hydrogen-bond donors (Lipinski definition) is 5. The van der Waals surface area contributed by atoms with E-state index in [1.165, 1.54) is 86.8 Å². The molecule has 0 aliphatic carbocycles. The van der Waals surface area contributed by atoms with Crippen LogP contribution in [0.5, 0.6) is 0 Å². The van der Waals surface area contributed by atoms with Gasteiger partial charge in [0.2, 0.25) is 0 Å². The van der Waals surface area contributed by atoms with Gasteiger partial charge in [0.05, 0.1) is 84.2 Å². The molecule has 5 saturated heterocycles. The van der Waals surface area contributed by atoms with Gasteiger partial charge in [0, 0.05) is 88.9 Å². The van der Waals surface area contributed by atoms with Crippen molar-refractivity contribution in [2.75, 3.05) is 174 Å². The van der Waals surface area contributed by atoms with E-state index in [1.807, 2.05) is 282 Å². The lowest BCUT2D eigenvalue weighted by Crippen LogP contribution is -2.39. The number of piperazine rings is 1. The van der Waals surface area contributed by atoms with E-state index < -0.39 is 0 Å². The highest BCUT2D eigenvalue weighted by molar-refractivity contribution is 8.16. The van der Waals surface area contributed by atoms with Crippen LogP contribution in [0.2, 0.25) is 0 Å². The molecule has 0 aromatic rings. The Morgan fingerprint density at radius 1 is 0.270 bits per heavy atom. The van der Waals surface area contributed by atoms with Crippen LogP contribution in [0.15, 0.2) is 25.0 Å². The van der Waals surface area contributed by atoms with Crippen LogP contribution in [0, 0.1) is 0 Å². The Kier molecular flexibility index (Phi) is 403. The van der Waals surface area contributed by atoms with Gasteiger partial charge in [-0.2, -0.15) is 23.5 Å². The van der Waals surface area contributed by atoms with Crippen LogP contribution in [0.25, 0.3) is 0 Å². The average Bonchev–Trinajstić information content (AvgIpc) is 3.82. The van der Waals surface area contributed by atoms with Crippen LogP contribution in [0.1, 0.15) is 335 Å². The minimum atomic E-state index is 0.500. The van der Waals surface area contributed by atoms with Gasteiger partial charge in [0.15, 0.2) is 6.40 Å². The Morgan fingerprint density at radius 2 is 0.640 bits per heavy atom. The molecule has 10 heterocycles. The smallest absolute Gasteiger partial charge is 0.169 e. The Bertz CT molecular complexity index is 720. The first-order valence-corrected chi connectivity index (χ1v) is 45.6. The molecule has 5 fully saturated rings. The zero-order valence-corrected chi connectivity index (χ0v) is 79.2. The minimum Gasteiger partial charge on any atom is -0.483 e. The van der Waals surface area contributed by atoms with Crippen LogP contribution < -0.4 is 26.6 Å². The highest BCUT2D eigenvalue weighted by Crippen LogP contribution is 2.19. The van der Waals surface area contributed by atoms with Gasteiger partial charge in [-0.05, 0) is 69.5 Å². The number of nitrogens with zero attached hydrogens (tertiary/aromatic N) is 5. The highest BCUT2D eigenvalue weighted by Gasteiger charge is 1.97. The maximum Gasteiger partial charge on any atom is 0.169 e. The predicted octanol–water partition coefficient (Wildman–Crippen LogP) is 24.4. The fourth-order valence-electron chi connectivity index (χ4n) is 4.85. The van der Waals surface area contributed by atoms with E-state index in [0.717, 1.165) is 138 Å². The van der Waals surface area contributed by atoms with Gasteiger partial charge < -0.3 is 55.0 Å². The number of piperidine rings is 1. The molecule has 10 aliphatic heterocycles. The van der Waals surface area contributed by atoms with Gasteiger partial charge in [0.1, 0.15) is 6.79 Å². The van der Waals surface area contributed by atoms with E-state index in [9.17, 15) is 0 Å². The van der Waals surface area contributed by atoms with E-state index >= 15 is 0 Å². The standard InChI is InChI=1S/C5H11N.C4H10N2.2C4H8N2.2C4H7NO.C4H7NS.2C4H8O2.C4H8S2.20C2H6/c1-2-4-6-5-3-1;1-2-6-4-3-5-1;2*1-2-5-4-6-3-1;1-3-6-4-2-5-1;2*1-2-5-4-6-3-1;1-2-6-4-3-5-1;2*1-2-5-4-6-3-1;20*1-2/h6H,1-5H2;5-6H,1-4H2;2*4H,1-3H2,(H,5,6);1H,2-4H2;2*4H,1-3H2;3*1-4H2;20*1-2H3. The fourth-order valence-corrected chi connectivity index (χ4v) is 7.75. The van der Waals surface area contributed by atoms with Gasteiger partial charge in [-0.1, -0.05) is 283 Å². The zero-order valence-electron chi connectivity index (χ0n) is 76.8. The summed E-state index contributed by atoms with van der Waals surface area (Å²) in [5, 5.41) is 17.0. The molecule has 5 N–H and O–H groups in total. The third kappa shape index (κ3) is 257. The number of ether oxygens (including phenoxy) is 6. The van der Waals surface area contributed by atoms with Crippen LogP contribution in [0.3, 0.4) is 0 Å². The van der Waals surface area contributed by atoms with Crippen LogP contribution >= 0.6 is 35.3 Å². The summed E-state index contributed by atoms with van der Waals surface area (Å²) in [5.41, 5.74) is 1.93. The van der Waals surface area contributed by atoms with Crippen molar-refractivity contribution in [3.63, 3.8) is 0 Å². The molecule has 0 aromatic heterocycles. The molecule has 0 amide bonds. The third-order valence-corrected chi connectivity index (χ3v) is 11.4. The quantitative estimate of drug-likeness (QED) is 0.155. The SMILES string of the molecule is C1=NCCCN1.C1=NCCCN1.C1=NCCCO1.C1=NCCCS1.C1=NCCOC1.C1CCNCC1.C1CNCCN1.C1COCCO1.C1COCOC1.C1CSCSC1.CC.CC.CC.CC.CC.CC.CC.CC.CC.CC.CC.CC.CC.CC.CC.CC.CC.CC.CC.CC. The molecule has 0 aromatic carbocycles. The van der Waals surface area contributed by atoms with Crippen molar-refractivity contribution in [1.82, 2.24) is 26.6 Å². The van der Waals surface area contributed by atoms with Crippen LogP contribution in [0.4, 0.5) is 0 Å². The number of thioether (sulfide) groups is 3. The van der Waals surface area contributed by atoms with Crippen molar-refractivity contribution >= 4 is 66.1 Å². The minimum absolute atomic E-state index is 0.500. The zero-order chi connectivity index (χ0) is 82.4. The Balaban J connectivity index is -0.0000000374. The number of hydrogen-bond acceptors (Lipinski definition) is 19. The Labute approximate surface area is 650 Å². The lowest BCUT2D eigenvalue weighted by molar-refractivity contribution is -0.0963. The molecular weight excluding hydrogens is 1310 g/mol. The van der Waals surface area contributed by atoms with Crippen LogP contribution in [-0.4, -0.2) is 205 Å². The predicted molar refractivity (Wildman–Crippen MR) is 487 cm³/mol. The molecule has 0 spiro atoms. The van der Waals surface area contributed by atoms with Gasteiger partial charge >= 0.3 is 0 Å². The summed E-state index contributed by atoms with van der Waals surface area (Å²) in [7, 11) is 0. The first kappa shape index (κ1) is 152. The van der Waals surface area contributed by atoms with Crippen molar-refractivity contribution in [3.8, 4) is 0 Å². The lowest BCUT2D eigenvalue weighted by atomic mass is 10.2. The van der Waals surface area contributed by atoms with E-state index in [2.05, 4.69) is 75.1 Å². The monoisotopic (exact) mass is 1510 g/mol. The van der Waals surface area contributed by atoms with Crippen molar-refractivity contribution in [3.05, 3.63) is 0 Å². The molecule has 10 aliphatic rings. The van der Waals surface area contributed by atoms with Crippen molar-refractivity contribution in [2.45, 2.75) is 335 Å². The lowest BCUT2D eigenvalue weighted by Gasteiger charge is -2.11. The molecule has 100 heavy (non-hydrogen) atoms. The second-order valence-corrected chi connectivity index (χ2v) is 17.0. The summed E-state index contributed by atoms with van der Waals surface area (Å²) in [6.45, 7) is 102. The van der Waals surface area contributed by atoms with Crippen molar-refractivity contribution in [1.29, 1.82) is 0 Å². The second kappa shape index (κ2) is 265. The summed E-state index contributed by atoms with van der Waals surface area (Å²) >= 11 is 5.92. The number of aliphatic imine (C=N–C) groups is 5. The van der Waals surface area contributed by atoms with Gasteiger partial charge in [-0.15, -0.1) is 11.8 Å². The average molecular weight is 1510 g/mol. The van der Waals surface area contributed by atoms with Crippen LogP contribution in [-0.2, 0) is 28.4 Å². The molecule has 630 valence electrons. The van der Waals surface area contributed by atoms with Gasteiger partial charge in [-0.3, -0.25) is 25.0 Å². The summed E-state index contributed by atoms with van der Waals surface area (Å²) in [6.07, 6.45) is 18.3. The second-order valence-electron chi connectivity index (χ2n) is 13.4. The first-order chi connectivity index (χ1) is 50.0. The Hall–Kier alpha value is -1.52. The maximum atomic E-state index is 4.94. The molecule has 0 bridgehead atoms. The molecule has 19 heteroatoms. The molecule has 10 rings (SSSR count). The third-order valence-electron chi connectivity index (χ3n) is 8.06. The summed E-state index contributed by atoms with van der Waals surface area (Å²) in [4.78, 5) is 19.7. The molecule has 0 saturated carbocycles. The molecular formula is C81H202N10O6S3. The number of nitrogens with one attached hydrogen (secondary N) is 5. The molecule has 0 radical (unpaired) electrons. The van der Waals surface area contributed by atoms with Gasteiger partial charge in [0.25, 0.3) is 0 Å². The van der Waals surface area contributed by atoms with E-state index in [-0.39, 0.29) is 0 Å². The fraction of sp³-hybridized carbons (Fsp3) is 0.938. The van der Waals surface area contributed by atoms with E-state index in [0.29, 0.717) is 13.4 Å². The molecule has 16 nitrogen and oxygen atoms in total.